The number of hydrogen-bond donors (Lipinski definition) is 1. The molecule has 0 aromatic heterocycles. The maximum Gasteiger partial charge on any atom is 0.161 e. The highest BCUT2D eigenvalue weighted by Gasteiger charge is 2.15. The predicted molar refractivity (Wildman–Crippen MR) is 68.0 cm³/mol. The maximum absolute atomic E-state index is 9.07. The Kier molecular flexibility index (Phi) is 4.84. The van der Waals surface area contributed by atoms with Crippen molar-refractivity contribution in [1.29, 1.82) is 0 Å². The van der Waals surface area contributed by atoms with E-state index in [1.165, 1.54) is 0 Å². The van der Waals surface area contributed by atoms with Crippen LogP contribution in [0, 0.1) is 5.92 Å². The van der Waals surface area contributed by atoms with Crippen LogP contribution in [-0.4, -0.2) is 32.0 Å². The molecule has 18 heavy (non-hydrogen) atoms. The van der Waals surface area contributed by atoms with Crippen molar-refractivity contribution in [3.63, 3.8) is 0 Å². The fraction of sp³-hybridized carbons (Fsp3) is 0.571. The minimum Gasteiger partial charge on any atom is -0.493 e. The molecule has 0 spiro atoms. The molecule has 0 saturated carbocycles. The second kappa shape index (κ2) is 6.61. The van der Waals surface area contributed by atoms with E-state index in [1.54, 1.807) is 13.2 Å². The van der Waals surface area contributed by atoms with Crippen molar-refractivity contribution in [3.05, 3.63) is 23.8 Å². The number of aliphatic hydroxyl groups is 1. The average molecular weight is 252 g/mol. The van der Waals surface area contributed by atoms with Gasteiger partial charge in [-0.2, -0.15) is 0 Å². The average Bonchev–Trinajstić information content (AvgIpc) is 2.46. The standard InChI is InChI=1S/C14H20O4/c1-16-14-8-12(9-15)2-3-13(14)18-10-11-4-6-17-7-5-11/h2-3,8,11,15H,4-7,9-10H2,1H3. The fourth-order valence-electron chi connectivity index (χ4n) is 2.05. The van der Waals surface area contributed by atoms with Crippen LogP contribution >= 0.6 is 0 Å². The van der Waals surface area contributed by atoms with E-state index in [-0.39, 0.29) is 6.61 Å². The van der Waals surface area contributed by atoms with Gasteiger partial charge in [-0.3, -0.25) is 0 Å². The molecular weight excluding hydrogens is 232 g/mol. The smallest absolute Gasteiger partial charge is 0.161 e. The van der Waals surface area contributed by atoms with Crippen molar-refractivity contribution in [2.45, 2.75) is 19.4 Å². The Labute approximate surface area is 107 Å². The lowest BCUT2D eigenvalue weighted by Gasteiger charge is -2.22. The molecule has 1 aromatic rings. The van der Waals surface area contributed by atoms with E-state index in [1.807, 2.05) is 12.1 Å². The van der Waals surface area contributed by atoms with Gasteiger partial charge in [0.2, 0.25) is 0 Å². The summed E-state index contributed by atoms with van der Waals surface area (Å²) in [6.45, 7) is 2.36. The largest absolute Gasteiger partial charge is 0.493 e. The molecule has 1 N–H and O–H groups in total. The Morgan fingerprint density at radius 3 is 2.72 bits per heavy atom. The third-order valence-electron chi connectivity index (χ3n) is 3.23. The highest BCUT2D eigenvalue weighted by molar-refractivity contribution is 5.42. The van der Waals surface area contributed by atoms with Gasteiger partial charge < -0.3 is 19.3 Å². The molecule has 4 heteroatoms. The third kappa shape index (κ3) is 3.37. The Morgan fingerprint density at radius 2 is 2.06 bits per heavy atom. The summed E-state index contributed by atoms with van der Waals surface area (Å²) >= 11 is 0. The number of hydrogen-bond acceptors (Lipinski definition) is 4. The predicted octanol–water partition coefficient (Wildman–Crippen LogP) is 1.99. The van der Waals surface area contributed by atoms with Crippen LogP contribution in [0.25, 0.3) is 0 Å². The number of methoxy groups -OCH3 is 1. The molecule has 2 rings (SSSR count). The van der Waals surface area contributed by atoms with Gasteiger partial charge >= 0.3 is 0 Å². The first kappa shape index (κ1) is 13.2. The summed E-state index contributed by atoms with van der Waals surface area (Å²) in [5.41, 5.74) is 0.824. The Balaban J connectivity index is 1.95. The van der Waals surface area contributed by atoms with E-state index < -0.39 is 0 Å². The van der Waals surface area contributed by atoms with Crippen LogP contribution < -0.4 is 9.47 Å². The van der Waals surface area contributed by atoms with E-state index in [9.17, 15) is 0 Å². The van der Waals surface area contributed by atoms with E-state index in [0.717, 1.165) is 37.4 Å². The van der Waals surface area contributed by atoms with Gasteiger partial charge in [-0.25, -0.2) is 0 Å². The van der Waals surface area contributed by atoms with Crippen LogP contribution in [-0.2, 0) is 11.3 Å². The first-order valence-electron chi connectivity index (χ1n) is 6.32. The van der Waals surface area contributed by atoms with Crippen LogP contribution in [0.3, 0.4) is 0 Å². The molecule has 4 nitrogen and oxygen atoms in total. The van der Waals surface area contributed by atoms with Crippen LogP contribution in [0.15, 0.2) is 18.2 Å². The van der Waals surface area contributed by atoms with Crippen molar-refractivity contribution in [3.8, 4) is 11.5 Å². The molecule has 1 aromatic carbocycles. The highest BCUT2D eigenvalue weighted by Crippen LogP contribution is 2.29. The van der Waals surface area contributed by atoms with Crippen molar-refractivity contribution in [1.82, 2.24) is 0 Å². The van der Waals surface area contributed by atoms with Crippen molar-refractivity contribution < 1.29 is 19.3 Å². The molecule has 0 aliphatic carbocycles. The van der Waals surface area contributed by atoms with Crippen LogP contribution in [0.1, 0.15) is 18.4 Å². The van der Waals surface area contributed by atoms with Crippen LogP contribution in [0.2, 0.25) is 0 Å². The molecule has 1 aliphatic rings. The third-order valence-corrected chi connectivity index (χ3v) is 3.23. The SMILES string of the molecule is COc1cc(CO)ccc1OCC1CCOCC1. The monoisotopic (exact) mass is 252 g/mol. The van der Waals surface area contributed by atoms with Crippen LogP contribution in [0.5, 0.6) is 11.5 Å². The normalized spacial score (nSPS) is 16.6. The van der Waals surface area contributed by atoms with Gasteiger partial charge in [-0.15, -0.1) is 0 Å². The minimum absolute atomic E-state index is 0.0105. The summed E-state index contributed by atoms with van der Waals surface area (Å²) in [6.07, 6.45) is 2.11. The van der Waals surface area contributed by atoms with E-state index in [4.69, 9.17) is 19.3 Å². The molecule has 0 atom stereocenters. The van der Waals surface area contributed by atoms with Crippen molar-refractivity contribution >= 4 is 0 Å². The molecule has 100 valence electrons. The zero-order valence-electron chi connectivity index (χ0n) is 10.7. The molecule has 1 fully saturated rings. The molecule has 1 heterocycles. The first-order valence-corrected chi connectivity index (χ1v) is 6.32. The Hall–Kier alpha value is -1.26. The van der Waals surface area contributed by atoms with Crippen molar-refractivity contribution in [2.75, 3.05) is 26.9 Å². The molecule has 1 saturated heterocycles. The molecular formula is C14H20O4. The zero-order chi connectivity index (χ0) is 12.8. The number of ether oxygens (including phenoxy) is 3. The number of benzene rings is 1. The molecule has 0 bridgehead atoms. The maximum atomic E-state index is 9.07. The summed E-state index contributed by atoms with van der Waals surface area (Å²) in [6, 6.07) is 5.50. The van der Waals surface area contributed by atoms with E-state index in [2.05, 4.69) is 0 Å². The van der Waals surface area contributed by atoms with Gasteiger partial charge in [-0.05, 0) is 36.5 Å². The first-order chi connectivity index (χ1) is 8.83. The van der Waals surface area contributed by atoms with Gasteiger partial charge in [0, 0.05) is 13.2 Å². The van der Waals surface area contributed by atoms with E-state index in [0.29, 0.717) is 18.3 Å². The summed E-state index contributed by atoms with van der Waals surface area (Å²) in [7, 11) is 1.61. The van der Waals surface area contributed by atoms with Gasteiger partial charge in [0.05, 0.1) is 20.3 Å². The van der Waals surface area contributed by atoms with Gasteiger partial charge in [0.15, 0.2) is 11.5 Å². The molecule has 1 aliphatic heterocycles. The highest BCUT2D eigenvalue weighted by atomic mass is 16.5. The zero-order valence-corrected chi connectivity index (χ0v) is 10.7. The van der Waals surface area contributed by atoms with Gasteiger partial charge in [0.1, 0.15) is 0 Å². The number of aliphatic hydroxyl groups excluding tert-OH is 1. The van der Waals surface area contributed by atoms with Gasteiger partial charge in [0.25, 0.3) is 0 Å². The summed E-state index contributed by atoms with van der Waals surface area (Å²) in [5.74, 6) is 1.97. The summed E-state index contributed by atoms with van der Waals surface area (Å²) in [5, 5.41) is 9.07. The van der Waals surface area contributed by atoms with Gasteiger partial charge in [-0.1, -0.05) is 6.07 Å². The lowest BCUT2D eigenvalue weighted by molar-refractivity contribution is 0.0493. The second-order valence-corrected chi connectivity index (χ2v) is 4.51. The fourth-order valence-corrected chi connectivity index (χ4v) is 2.05. The molecule has 0 unspecified atom stereocenters. The minimum atomic E-state index is 0.0105. The number of rotatable bonds is 5. The second-order valence-electron chi connectivity index (χ2n) is 4.51. The van der Waals surface area contributed by atoms with E-state index >= 15 is 0 Å². The Morgan fingerprint density at radius 1 is 1.28 bits per heavy atom. The van der Waals surface area contributed by atoms with Crippen LogP contribution in [0.4, 0.5) is 0 Å². The quantitative estimate of drug-likeness (QED) is 0.870. The molecule has 0 radical (unpaired) electrons. The van der Waals surface area contributed by atoms with Crippen molar-refractivity contribution in [2.24, 2.45) is 5.92 Å². The lowest BCUT2D eigenvalue weighted by atomic mass is 10.0. The summed E-state index contributed by atoms with van der Waals surface area (Å²) in [4.78, 5) is 0. The molecule has 0 amide bonds. The topological polar surface area (TPSA) is 47.9 Å². The summed E-state index contributed by atoms with van der Waals surface area (Å²) < 4.78 is 16.4. The lowest BCUT2D eigenvalue weighted by Crippen LogP contribution is -2.21. The Bertz CT molecular complexity index is 372.